The van der Waals surface area contributed by atoms with Crippen LogP contribution in [-0.2, 0) is 23.1 Å². The van der Waals surface area contributed by atoms with Crippen LogP contribution in [-0.4, -0.2) is 70.2 Å². The van der Waals surface area contributed by atoms with Crippen LogP contribution in [0.2, 0.25) is 0 Å². The SMILES string of the molecule is Cc1cccc(CCN(CCc2ccccc2)S(=O)(=O)N2CCN(c3ncnc4[nH]ccc34)CC23CC3)c1. The number of H-pyrrole nitrogens is 1. The smallest absolute Gasteiger partial charge is 0.282 e. The molecular formula is C29H34N6O2S. The van der Waals surface area contributed by atoms with E-state index in [0.29, 0.717) is 45.6 Å². The van der Waals surface area contributed by atoms with Gasteiger partial charge in [-0.3, -0.25) is 0 Å². The van der Waals surface area contributed by atoms with E-state index in [4.69, 9.17) is 0 Å². The van der Waals surface area contributed by atoms with Gasteiger partial charge in [-0.2, -0.15) is 17.0 Å². The number of nitrogens with zero attached hydrogens (tertiary/aromatic N) is 5. The highest BCUT2D eigenvalue weighted by molar-refractivity contribution is 7.86. The first-order valence-corrected chi connectivity index (χ1v) is 14.7. The van der Waals surface area contributed by atoms with Crippen molar-refractivity contribution in [1.82, 2.24) is 23.6 Å². The van der Waals surface area contributed by atoms with Crippen LogP contribution in [0, 0.1) is 6.92 Å². The Morgan fingerprint density at radius 1 is 0.947 bits per heavy atom. The van der Waals surface area contributed by atoms with Crippen LogP contribution < -0.4 is 4.90 Å². The fourth-order valence-electron chi connectivity index (χ4n) is 5.67. The van der Waals surface area contributed by atoms with E-state index in [1.165, 1.54) is 5.56 Å². The molecule has 1 saturated carbocycles. The van der Waals surface area contributed by atoms with Crippen LogP contribution in [0.15, 0.2) is 73.2 Å². The molecular weight excluding hydrogens is 496 g/mol. The van der Waals surface area contributed by atoms with Crippen molar-refractivity contribution >= 4 is 27.1 Å². The minimum Gasteiger partial charge on any atom is -0.353 e. The molecule has 0 atom stereocenters. The first kappa shape index (κ1) is 25.0. The van der Waals surface area contributed by atoms with Crippen molar-refractivity contribution in [2.45, 2.75) is 38.1 Å². The highest BCUT2D eigenvalue weighted by atomic mass is 32.2. The molecule has 0 amide bonds. The van der Waals surface area contributed by atoms with Gasteiger partial charge in [-0.1, -0.05) is 60.2 Å². The van der Waals surface area contributed by atoms with Gasteiger partial charge >= 0.3 is 0 Å². The summed E-state index contributed by atoms with van der Waals surface area (Å²) in [5.74, 6) is 0.875. The van der Waals surface area contributed by atoms with E-state index in [-0.39, 0.29) is 5.54 Å². The van der Waals surface area contributed by atoms with Crippen LogP contribution in [0.1, 0.15) is 29.5 Å². The van der Waals surface area contributed by atoms with Crippen LogP contribution >= 0.6 is 0 Å². The molecule has 1 N–H and O–H groups in total. The topological polar surface area (TPSA) is 85.4 Å². The lowest BCUT2D eigenvalue weighted by molar-refractivity contribution is 0.245. The normalized spacial score (nSPS) is 17.5. The maximum Gasteiger partial charge on any atom is 0.282 e. The molecule has 0 unspecified atom stereocenters. The van der Waals surface area contributed by atoms with Crippen molar-refractivity contribution in [1.29, 1.82) is 0 Å². The Kier molecular flexibility index (Phi) is 6.67. The minimum atomic E-state index is -3.66. The Hall–Kier alpha value is -3.27. The Balaban J connectivity index is 1.23. The van der Waals surface area contributed by atoms with E-state index in [0.717, 1.165) is 40.8 Å². The predicted octanol–water partition coefficient (Wildman–Crippen LogP) is 3.95. The Bertz CT molecular complexity index is 1520. The lowest BCUT2D eigenvalue weighted by atomic mass is 10.1. The van der Waals surface area contributed by atoms with Gasteiger partial charge in [0.05, 0.1) is 10.9 Å². The lowest BCUT2D eigenvalue weighted by Gasteiger charge is -2.43. The third-order valence-electron chi connectivity index (χ3n) is 7.88. The van der Waals surface area contributed by atoms with Gasteiger partial charge in [0.1, 0.15) is 17.8 Å². The van der Waals surface area contributed by atoms with Gasteiger partial charge in [0.25, 0.3) is 10.2 Å². The summed E-state index contributed by atoms with van der Waals surface area (Å²) in [5.41, 5.74) is 3.93. The third kappa shape index (κ3) is 4.93. The lowest BCUT2D eigenvalue weighted by Crippen LogP contribution is -2.60. The first-order chi connectivity index (χ1) is 18.4. The zero-order valence-electron chi connectivity index (χ0n) is 21.8. The molecule has 198 valence electrons. The summed E-state index contributed by atoms with van der Waals surface area (Å²) in [6, 6.07) is 20.5. The van der Waals surface area contributed by atoms with Gasteiger partial charge < -0.3 is 9.88 Å². The Labute approximate surface area is 224 Å². The molecule has 2 aliphatic rings. The van der Waals surface area contributed by atoms with Crippen molar-refractivity contribution in [2.24, 2.45) is 0 Å². The highest BCUT2D eigenvalue weighted by Gasteiger charge is 2.57. The molecule has 0 radical (unpaired) electrons. The van der Waals surface area contributed by atoms with Crippen molar-refractivity contribution in [3.8, 4) is 0 Å². The summed E-state index contributed by atoms with van der Waals surface area (Å²) in [6.07, 6.45) is 6.56. The summed E-state index contributed by atoms with van der Waals surface area (Å²) in [6.45, 7) is 4.69. The van der Waals surface area contributed by atoms with E-state index in [2.05, 4.69) is 57.1 Å². The van der Waals surface area contributed by atoms with Gasteiger partial charge in [-0.15, -0.1) is 0 Å². The van der Waals surface area contributed by atoms with Gasteiger partial charge in [0.2, 0.25) is 0 Å². The fourth-order valence-corrected chi connectivity index (χ4v) is 7.63. The zero-order valence-corrected chi connectivity index (χ0v) is 22.6. The van der Waals surface area contributed by atoms with E-state index >= 15 is 0 Å². The molecule has 8 nitrogen and oxygen atoms in total. The zero-order chi connectivity index (χ0) is 26.2. The number of nitrogens with one attached hydrogen (secondary N) is 1. The number of aryl methyl sites for hydroxylation is 1. The number of aromatic amines is 1. The number of piperazine rings is 1. The monoisotopic (exact) mass is 530 g/mol. The number of hydrogen-bond acceptors (Lipinski definition) is 5. The molecule has 0 bridgehead atoms. The molecule has 1 spiro atoms. The molecule has 6 rings (SSSR count). The van der Waals surface area contributed by atoms with Crippen molar-refractivity contribution in [3.05, 3.63) is 89.9 Å². The third-order valence-corrected chi connectivity index (χ3v) is 10.0. The van der Waals surface area contributed by atoms with Crippen molar-refractivity contribution in [3.63, 3.8) is 0 Å². The summed E-state index contributed by atoms with van der Waals surface area (Å²) in [5, 5.41) is 0.974. The molecule has 9 heteroatoms. The molecule has 2 aromatic heterocycles. The van der Waals surface area contributed by atoms with E-state index in [1.54, 1.807) is 14.9 Å². The molecule has 2 fully saturated rings. The summed E-state index contributed by atoms with van der Waals surface area (Å²) in [4.78, 5) is 14.3. The van der Waals surface area contributed by atoms with Gasteiger partial charge in [0.15, 0.2) is 0 Å². The Morgan fingerprint density at radius 3 is 2.47 bits per heavy atom. The first-order valence-electron chi connectivity index (χ1n) is 13.4. The van der Waals surface area contributed by atoms with E-state index in [1.807, 2.05) is 36.5 Å². The predicted molar refractivity (Wildman–Crippen MR) is 150 cm³/mol. The average Bonchev–Trinajstić information content (AvgIpc) is 3.49. The second kappa shape index (κ2) is 10.1. The van der Waals surface area contributed by atoms with Crippen molar-refractivity contribution in [2.75, 3.05) is 37.6 Å². The van der Waals surface area contributed by atoms with Crippen molar-refractivity contribution < 1.29 is 8.42 Å². The summed E-state index contributed by atoms with van der Waals surface area (Å²) >= 11 is 0. The molecule has 1 aliphatic heterocycles. The Morgan fingerprint density at radius 2 is 1.71 bits per heavy atom. The number of hydrogen-bond donors (Lipinski definition) is 1. The molecule has 1 aliphatic carbocycles. The quantitative estimate of drug-likeness (QED) is 0.354. The number of aromatic nitrogens is 3. The molecule has 2 aromatic carbocycles. The number of fused-ring (bicyclic) bond motifs is 1. The molecule has 38 heavy (non-hydrogen) atoms. The van der Waals surface area contributed by atoms with Gasteiger partial charge in [0, 0.05) is 38.9 Å². The maximum atomic E-state index is 14.3. The summed E-state index contributed by atoms with van der Waals surface area (Å²) < 4.78 is 32.0. The minimum absolute atomic E-state index is 0.376. The molecule has 1 saturated heterocycles. The summed E-state index contributed by atoms with van der Waals surface area (Å²) in [7, 11) is -3.66. The van der Waals surface area contributed by atoms with Crippen LogP contribution in [0.25, 0.3) is 11.0 Å². The second-order valence-corrected chi connectivity index (χ2v) is 12.4. The maximum absolute atomic E-state index is 14.3. The van der Waals surface area contributed by atoms with E-state index in [9.17, 15) is 8.42 Å². The average molecular weight is 531 g/mol. The van der Waals surface area contributed by atoms with Gasteiger partial charge in [-0.25, -0.2) is 9.97 Å². The highest BCUT2D eigenvalue weighted by Crippen LogP contribution is 2.47. The molecule has 3 heterocycles. The van der Waals surface area contributed by atoms with Crippen LogP contribution in [0.5, 0.6) is 0 Å². The number of benzene rings is 2. The second-order valence-electron chi connectivity index (χ2n) is 10.5. The number of anilines is 1. The van der Waals surface area contributed by atoms with Crippen LogP contribution in [0.4, 0.5) is 5.82 Å². The van der Waals surface area contributed by atoms with E-state index < -0.39 is 10.2 Å². The van der Waals surface area contributed by atoms with Crippen LogP contribution in [0.3, 0.4) is 0 Å². The number of rotatable bonds is 9. The van der Waals surface area contributed by atoms with Gasteiger partial charge in [-0.05, 0) is 49.8 Å². The molecule has 4 aromatic rings. The fraction of sp³-hybridized carbons (Fsp3) is 0.379. The standard InChI is InChI=1S/C29H34N6O2S/c1-23-6-5-9-25(20-23)12-17-34(16-11-24-7-3-2-4-8-24)38(36,37)35-19-18-33(21-29(35)13-14-29)28-26-10-15-30-27(26)31-22-32-28/h2-10,15,20,22H,11-14,16-19,21H2,1H3,(H,30,31,32). The largest absolute Gasteiger partial charge is 0.353 e.